The summed E-state index contributed by atoms with van der Waals surface area (Å²) in [5.41, 5.74) is 2.57. The third kappa shape index (κ3) is 5.30. The monoisotopic (exact) mass is 292 g/mol. The van der Waals surface area contributed by atoms with Crippen LogP contribution in [0.5, 0.6) is 0 Å². The van der Waals surface area contributed by atoms with Crippen molar-refractivity contribution in [2.24, 2.45) is 5.92 Å². The largest absolute Gasteiger partial charge is 0.392 e. The van der Waals surface area contributed by atoms with E-state index in [-0.39, 0.29) is 6.10 Å². The van der Waals surface area contributed by atoms with E-state index in [1.54, 1.807) is 0 Å². The number of nitrogens with one attached hydrogen (secondary N) is 1. The van der Waals surface area contributed by atoms with Crippen LogP contribution < -0.4 is 10.2 Å². The predicted octanol–water partition coefficient (Wildman–Crippen LogP) is 2.02. The maximum absolute atomic E-state index is 9.93. The summed E-state index contributed by atoms with van der Waals surface area (Å²) in [5, 5.41) is 13.3. The van der Waals surface area contributed by atoms with E-state index in [2.05, 4.69) is 48.3 Å². The van der Waals surface area contributed by atoms with Crippen molar-refractivity contribution >= 4 is 5.69 Å². The average Bonchev–Trinajstić information content (AvgIpc) is 2.48. The van der Waals surface area contributed by atoms with Crippen LogP contribution in [0.2, 0.25) is 0 Å². The van der Waals surface area contributed by atoms with Crippen molar-refractivity contribution in [2.75, 3.05) is 37.7 Å². The third-order valence-corrected chi connectivity index (χ3v) is 3.78. The van der Waals surface area contributed by atoms with Gasteiger partial charge in [0.15, 0.2) is 0 Å². The lowest BCUT2D eigenvalue weighted by Crippen LogP contribution is -2.37. The zero-order chi connectivity index (χ0) is 15.1. The molecule has 1 unspecified atom stereocenters. The molecule has 0 spiro atoms. The van der Waals surface area contributed by atoms with Crippen LogP contribution in [-0.2, 0) is 11.3 Å². The van der Waals surface area contributed by atoms with Crippen LogP contribution in [0.3, 0.4) is 0 Å². The molecule has 1 aromatic rings. The molecular formula is C17H28N2O2. The van der Waals surface area contributed by atoms with Crippen LogP contribution >= 0.6 is 0 Å². The van der Waals surface area contributed by atoms with Gasteiger partial charge in [0.25, 0.3) is 0 Å². The highest BCUT2D eigenvalue weighted by molar-refractivity contribution is 5.53. The molecule has 1 aromatic carbocycles. The van der Waals surface area contributed by atoms with E-state index in [9.17, 15) is 5.11 Å². The molecule has 1 fully saturated rings. The standard InChI is InChI=1S/C17H28N2O2/c1-14(2)11-16(20)13-18-12-15-5-3-4-6-17(15)19-7-9-21-10-8-19/h3-6,14,16,18,20H,7-13H2,1-2H3. The summed E-state index contributed by atoms with van der Waals surface area (Å²) >= 11 is 0. The number of rotatable bonds is 7. The molecule has 0 aromatic heterocycles. The zero-order valence-electron chi connectivity index (χ0n) is 13.2. The van der Waals surface area contributed by atoms with Crippen LogP contribution in [-0.4, -0.2) is 44.1 Å². The van der Waals surface area contributed by atoms with Crippen molar-refractivity contribution in [2.45, 2.75) is 32.9 Å². The minimum Gasteiger partial charge on any atom is -0.392 e. The van der Waals surface area contributed by atoms with Gasteiger partial charge in [0.05, 0.1) is 19.3 Å². The molecular weight excluding hydrogens is 264 g/mol. The fourth-order valence-corrected chi connectivity index (χ4v) is 2.77. The zero-order valence-corrected chi connectivity index (χ0v) is 13.2. The molecule has 2 N–H and O–H groups in total. The van der Waals surface area contributed by atoms with Gasteiger partial charge >= 0.3 is 0 Å². The van der Waals surface area contributed by atoms with Gasteiger partial charge in [0.2, 0.25) is 0 Å². The number of para-hydroxylation sites is 1. The summed E-state index contributed by atoms with van der Waals surface area (Å²) < 4.78 is 5.42. The normalized spacial score (nSPS) is 17.2. The second-order valence-electron chi connectivity index (χ2n) is 6.14. The van der Waals surface area contributed by atoms with E-state index >= 15 is 0 Å². The first kappa shape index (κ1) is 16.3. The fraction of sp³-hybridized carbons (Fsp3) is 0.647. The second-order valence-corrected chi connectivity index (χ2v) is 6.14. The Bertz CT molecular complexity index is 417. The van der Waals surface area contributed by atoms with Crippen LogP contribution in [0.1, 0.15) is 25.8 Å². The molecule has 0 saturated carbocycles. The summed E-state index contributed by atoms with van der Waals surface area (Å²) in [4.78, 5) is 2.38. The Kier molecular flexibility index (Phi) is 6.49. The number of ether oxygens (including phenoxy) is 1. The Hall–Kier alpha value is -1.10. The van der Waals surface area contributed by atoms with E-state index in [1.165, 1.54) is 11.3 Å². The molecule has 0 aliphatic carbocycles. The van der Waals surface area contributed by atoms with Gasteiger partial charge in [-0.1, -0.05) is 32.0 Å². The molecule has 0 radical (unpaired) electrons. The molecule has 0 bridgehead atoms. The highest BCUT2D eigenvalue weighted by Gasteiger charge is 2.14. The van der Waals surface area contributed by atoms with Crippen LogP contribution in [0.25, 0.3) is 0 Å². The second kappa shape index (κ2) is 8.37. The van der Waals surface area contributed by atoms with Crippen LogP contribution in [0.15, 0.2) is 24.3 Å². The molecule has 1 saturated heterocycles. The SMILES string of the molecule is CC(C)CC(O)CNCc1ccccc1N1CCOCC1. The number of aliphatic hydroxyl groups is 1. The smallest absolute Gasteiger partial charge is 0.0667 e. The number of anilines is 1. The first-order valence-electron chi connectivity index (χ1n) is 7.96. The van der Waals surface area contributed by atoms with E-state index in [4.69, 9.17) is 4.74 Å². The van der Waals surface area contributed by atoms with Crippen molar-refractivity contribution < 1.29 is 9.84 Å². The summed E-state index contributed by atoms with van der Waals surface area (Å²) in [7, 11) is 0. The Labute approximate surface area is 128 Å². The summed E-state index contributed by atoms with van der Waals surface area (Å²) in [5.74, 6) is 0.530. The third-order valence-electron chi connectivity index (χ3n) is 3.78. The van der Waals surface area contributed by atoms with Crippen molar-refractivity contribution in [3.63, 3.8) is 0 Å². The van der Waals surface area contributed by atoms with Gasteiger partial charge in [-0.2, -0.15) is 0 Å². The first-order valence-corrected chi connectivity index (χ1v) is 7.96. The summed E-state index contributed by atoms with van der Waals surface area (Å²) in [6.07, 6.45) is 0.582. The summed E-state index contributed by atoms with van der Waals surface area (Å²) in [6.45, 7) is 9.22. The number of benzene rings is 1. The molecule has 0 amide bonds. The van der Waals surface area contributed by atoms with Crippen molar-refractivity contribution in [3.05, 3.63) is 29.8 Å². The first-order chi connectivity index (χ1) is 10.2. The van der Waals surface area contributed by atoms with Crippen LogP contribution in [0.4, 0.5) is 5.69 Å². The number of hydrogen-bond donors (Lipinski definition) is 2. The number of aliphatic hydroxyl groups excluding tert-OH is 1. The topological polar surface area (TPSA) is 44.7 Å². The predicted molar refractivity (Wildman–Crippen MR) is 86.6 cm³/mol. The van der Waals surface area contributed by atoms with E-state index in [0.29, 0.717) is 12.5 Å². The quantitative estimate of drug-likeness (QED) is 0.807. The molecule has 1 aliphatic heterocycles. The van der Waals surface area contributed by atoms with Crippen LogP contribution in [0, 0.1) is 5.92 Å². The molecule has 1 aliphatic rings. The molecule has 4 nitrogen and oxygen atoms in total. The lowest BCUT2D eigenvalue weighted by Gasteiger charge is -2.30. The van der Waals surface area contributed by atoms with Gasteiger partial charge < -0.3 is 20.1 Å². The Morgan fingerprint density at radius 2 is 1.95 bits per heavy atom. The van der Waals surface area contributed by atoms with Crippen molar-refractivity contribution in [1.82, 2.24) is 5.32 Å². The maximum Gasteiger partial charge on any atom is 0.0667 e. The molecule has 118 valence electrons. The number of nitrogens with zero attached hydrogens (tertiary/aromatic N) is 1. The molecule has 4 heteroatoms. The minimum atomic E-state index is -0.263. The van der Waals surface area contributed by atoms with Gasteiger partial charge in [0, 0.05) is 31.9 Å². The average molecular weight is 292 g/mol. The Morgan fingerprint density at radius 1 is 1.24 bits per heavy atom. The number of morpholine rings is 1. The highest BCUT2D eigenvalue weighted by Crippen LogP contribution is 2.21. The van der Waals surface area contributed by atoms with Gasteiger partial charge in [-0.05, 0) is 24.0 Å². The van der Waals surface area contributed by atoms with Gasteiger partial charge in [0.1, 0.15) is 0 Å². The van der Waals surface area contributed by atoms with E-state index in [0.717, 1.165) is 39.3 Å². The summed E-state index contributed by atoms with van der Waals surface area (Å²) in [6, 6.07) is 8.49. The van der Waals surface area contributed by atoms with Gasteiger partial charge in [-0.3, -0.25) is 0 Å². The fourth-order valence-electron chi connectivity index (χ4n) is 2.77. The number of hydrogen-bond acceptors (Lipinski definition) is 4. The highest BCUT2D eigenvalue weighted by atomic mass is 16.5. The van der Waals surface area contributed by atoms with Gasteiger partial charge in [-0.15, -0.1) is 0 Å². The molecule has 1 atom stereocenters. The Balaban J connectivity index is 1.88. The van der Waals surface area contributed by atoms with Crippen molar-refractivity contribution in [3.8, 4) is 0 Å². The molecule has 21 heavy (non-hydrogen) atoms. The maximum atomic E-state index is 9.93. The minimum absolute atomic E-state index is 0.263. The molecule has 2 rings (SSSR count). The van der Waals surface area contributed by atoms with E-state index in [1.807, 2.05) is 0 Å². The lowest BCUT2D eigenvalue weighted by atomic mass is 10.1. The lowest BCUT2D eigenvalue weighted by molar-refractivity contribution is 0.122. The Morgan fingerprint density at radius 3 is 2.67 bits per heavy atom. The van der Waals surface area contributed by atoms with Gasteiger partial charge in [-0.25, -0.2) is 0 Å². The van der Waals surface area contributed by atoms with Crippen molar-refractivity contribution in [1.29, 1.82) is 0 Å². The molecule has 1 heterocycles. The van der Waals surface area contributed by atoms with E-state index < -0.39 is 0 Å².